The van der Waals surface area contributed by atoms with Crippen LogP contribution in [0.2, 0.25) is 0 Å². The second-order valence-corrected chi connectivity index (χ2v) is 12.4. The minimum atomic E-state index is -1.07. The van der Waals surface area contributed by atoms with Crippen molar-refractivity contribution in [2.24, 2.45) is 5.73 Å². The van der Waals surface area contributed by atoms with Gasteiger partial charge in [0.15, 0.2) is 0 Å². The van der Waals surface area contributed by atoms with E-state index in [0.29, 0.717) is 35.9 Å². The molecule has 0 bridgehead atoms. The number of nitrogens with two attached hydrogens (primary N) is 1. The average molecular weight is 656 g/mol. The average Bonchev–Trinajstić information content (AvgIpc) is 3.59. The zero-order valence-electron chi connectivity index (χ0n) is 24.1. The highest BCUT2D eigenvalue weighted by Crippen LogP contribution is 2.36. The molecule has 3 heterocycles. The van der Waals surface area contributed by atoms with Crippen LogP contribution in [0.3, 0.4) is 0 Å². The molecule has 0 radical (unpaired) electrons. The quantitative estimate of drug-likeness (QED) is 0.280. The van der Waals surface area contributed by atoms with E-state index < -0.39 is 53.1 Å². The lowest BCUT2D eigenvalue weighted by molar-refractivity contribution is -0.146. The fourth-order valence-corrected chi connectivity index (χ4v) is 6.14. The molecule has 2 fully saturated rings. The zero-order valence-corrected chi connectivity index (χ0v) is 25.7. The first-order valence-electron chi connectivity index (χ1n) is 14.2. The normalized spacial score (nSPS) is 21.5. The Morgan fingerprint density at radius 1 is 1.27 bits per heavy atom. The van der Waals surface area contributed by atoms with Gasteiger partial charge in [0.1, 0.15) is 24.6 Å². The second-order valence-electron chi connectivity index (χ2n) is 10.6. The molecule has 13 nitrogen and oxygen atoms in total. The van der Waals surface area contributed by atoms with Crippen LogP contribution in [-0.2, 0) is 28.7 Å². The molecule has 0 spiro atoms. The largest absolute Gasteiger partial charge is 0.442 e. The smallest absolute Gasteiger partial charge is 0.414 e. The Hall–Kier alpha value is -3.24. The lowest BCUT2D eigenvalue weighted by Gasteiger charge is -2.27. The number of carbonyl (C=O) groups is 5. The predicted molar refractivity (Wildman–Crippen MR) is 160 cm³/mol. The number of morpholine rings is 1. The van der Waals surface area contributed by atoms with Gasteiger partial charge < -0.3 is 30.5 Å². The number of nitrogens with one attached hydrogen (secondary N) is 1. The molecule has 0 aromatic heterocycles. The van der Waals surface area contributed by atoms with Crippen molar-refractivity contribution in [3.63, 3.8) is 0 Å². The number of allylic oxidation sites excluding steroid dienone is 1. The Labute approximate surface area is 262 Å². The Bertz CT molecular complexity index is 1320. The number of aliphatic hydroxyl groups excluding tert-OH is 1. The summed E-state index contributed by atoms with van der Waals surface area (Å²) >= 11 is 7.18. The molecule has 0 aliphatic carbocycles. The number of thioether (sulfide) groups is 1. The summed E-state index contributed by atoms with van der Waals surface area (Å²) in [5.74, 6) is -2.54. The number of unbranched alkanes of at least 4 members (excludes halogenated alkanes) is 1. The number of hydrogen-bond acceptors (Lipinski definition) is 10. The molecule has 4 N–H and O–H groups in total. The number of amides is 5. The maximum atomic E-state index is 15.2. The molecule has 5 amide bonds. The molecule has 16 heteroatoms. The number of rotatable bonds is 12. The van der Waals surface area contributed by atoms with Gasteiger partial charge in [-0.05, 0) is 44.4 Å². The van der Waals surface area contributed by atoms with Gasteiger partial charge in [-0.15, -0.1) is 11.8 Å². The number of halogens is 2. The number of imide groups is 1. The molecule has 4 rings (SSSR count). The molecular formula is C28H35ClFN5O8S. The van der Waals surface area contributed by atoms with Crippen molar-refractivity contribution in [1.29, 1.82) is 0 Å². The molecule has 1 unspecified atom stereocenters. The van der Waals surface area contributed by atoms with Crippen LogP contribution in [0.15, 0.2) is 28.6 Å². The highest BCUT2D eigenvalue weighted by molar-refractivity contribution is 8.06. The Morgan fingerprint density at radius 2 is 2.05 bits per heavy atom. The first kappa shape index (κ1) is 33.6. The lowest BCUT2D eigenvalue weighted by Crippen LogP contribution is -2.47. The molecule has 2 saturated heterocycles. The van der Waals surface area contributed by atoms with Crippen LogP contribution in [0.1, 0.15) is 32.6 Å². The maximum Gasteiger partial charge on any atom is 0.414 e. The highest BCUT2D eigenvalue weighted by atomic mass is 35.5. The second kappa shape index (κ2) is 15.2. The molecule has 4 atom stereocenters. The van der Waals surface area contributed by atoms with E-state index in [1.807, 2.05) is 0 Å². The van der Waals surface area contributed by atoms with Gasteiger partial charge in [-0.3, -0.25) is 29.0 Å². The number of carbonyl (C=O) groups excluding carboxylic acids is 5. The van der Waals surface area contributed by atoms with Gasteiger partial charge in [0, 0.05) is 25.2 Å². The fourth-order valence-electron chi connectivity index (χ4n) is 4.85. The van der Waals surface area contributed by atoms with E-state index in [4.69, 9.17) is 26.8 Å². The van der Waals surface area contributed by atoms with E-state index in [9.17, 15) is 29.1 Å². The summed E-state index contributed by atoms with van der Waals surface area (Å²) < 4.78 is 26.2. The molecule has 1 aromatic carbocycles. The van der Waals surface area contributed by atoms with E-state index in [0.717, 1.165) is 27.6 Å². The number of hydrogen-bond donors (Lipinski definition) is 3. The Balaban J connectivity index is 1.38. The Morgan fingerprint density at radius 3 is 2.70 bits per heavy atom. The number of nitrogens with zero attached hydrogens (tertiary/aromatic N) is 3. The van der Waals surface area contributed by atoms with Crippen molar-refractivity contribution >= 4 is 64.5 Å². The summed E-state index contributed by atoms with van der Waals surface area (Å²) in [6.07, 6.45) is -0.0263. The van der Waals surface area contributed by atoms with E-state index in [2.05, 4.69) is 5.32 Å². The predicted octanol–water partition coefficient (Wildman–Crippen LogP) is 1.45. The van der Waals surface area contributed by atoms with Crippen LogP contribution in [0, 0.1) is 5.82 Å². The fraction of sp³-hybridized carbons (Fsp3) is 0.536. The summed E-state index contributed by atoms with van der Waals surface area (Å²) in [4.78, 5) is 67.0. The standard InChI is InChI=1S/C28H35ClFN5O8S/c1-16(36)25(31)26(39)32-9-3-2-4-23(37)35(27(40)21-7-8-22(29)44-21)14-18-13-34(28(41)43-18)20-6-5-17(12-19(20)30)33-10-11-42-15-24(33)38/h5-6,8,12,16,18,21,25,36H,2-4,7,9-11,13-15,31H2,1H3,(H,32,39)/t16-,18-,21?,25+/m1/s1. The van der Waals surface area contributed by atoms with E-state index >= 15 is 4.39 Å². The molecule has 240 valence electrons. The Kier molecular flexibility index (Phi) is 11.6. The molecule has 1 aromatic rings. The number of benzene rings is 1. The van der Waals surface area contributed by atoms with Crippen molar-refractivity contribution in [2.45, 2.75) is 56.1 Å². The van der Waals surface area contributed by atoms with Gasteiger partial charge in [-0.2, -0.15) is 0 Å². The summed E-state index contributed by atoms with van der Waals surface area (Å²) in [5.41, 5.74) is 5.86. The summed E-state index contributed by atoms with van der Waals surface area (Å²) in [7, 11) is 0. The molecule has 3 aliphatic heterocycles. The summed E-state index contributed by atoms with van der Waals surface area (Å²) in [6, 6.07) is 2.99. The minimum Gasteiger partial charge on any atom is -0.442 e. The number of cyclic esters (lactones) is 1. The van der Waals surface area contributed by atoms with E-state index in [1.54, 1.807) is 6.08 Å². The van der Waals surface area contributed by atoms with Crippen LogP contribution < -0.4 is 20.9 Å². The van der Waals surface area contributed by atoms with Gasteiger partial charge in [0.2, 0.25) is 17.7 Å². The van der Waals surface area contributed by atoms with Crippen molar-refractivity contribution in [3.05, 3.63) is 34.5 Å². The summed E-state index contributed by atoms with van der Waals surface area (Å²) in [6.45, 7) is 1.76. The minimum absolute atomic E-state index is 0.0245. The molecular weight excluding hydrogens is 621 g/mol. The summed E-state index contributed by atoms with van der Waals surface area (Å²) in [5, 5.41) is 11.4. The third-order valence-electron chi connectivity index (χ3n) is 7.31. The van der Waals surface area contributed by atoms with Gasteiger partial charge in [0.25, 0.3) is 5.91 Å². The number of aliphatic hydroxyl groups is 1. The van der Waals surface area contributed by atoms with Crippen LogP contribution in [-0.4, -0.2) is 103 Å². The van der Waals surface area contributed by atoms with Crippen LogP contribution in [0.25, 0.3) is 0 Å². The topological polar surface area (TPSA) is 172 Å². The van der Waals surface area contributed by atoms with Gasteiger partial charge in [-0.1, -0.05) is 17.7 Å². The van der Waals surface area contributed by atoms with Crippen molar-refractivity contribution in [2.75, 3.05) is 49.2 Å². The van der Waals surface area contributed by atoms with Crippen molar-refractivity contribution in [1.82, 2.24) is 10.2 Å². The van der Waals surface area contributed by atoms with Crippen molar-refractivity contribution < 1.29 is 42.9 Å². The molecule has 44 heavy (non-hydrogen) atoms. The third kappa shape index (κ3) is 8.27. The lowest BCUT2D eigenvalue weighted by atomic mass is 10.1. The maximum absolute atomic E-state index is 15.2. The zero-order chi connectivity index (χ0) is 32.0. The van der Waals surface area contributed by atoms with Crippen LogP contribution >= 0.6 is 23.4 Å². The van der Waals surface area contributed by atoms with Gasteiger partial charge >= 0.3 is 6.09 Å². The number of anilines is 2. The monoisotopic (exact) mass is 655 g/mol. The first-order valence-corrected chi connectivity index (χ1v) is 15.5. The van der Waals surface area contributed by atoms with Crippen LogP contribution in [0.5, 0.6) is 0 Å². The highest BCUT2D eigenvalue weighted by Gasteiger charge is 2.39. The molecule has 0 saturated carbocycles. The molecule has 3 aliphatic rings. The van der Waals surface area contributed by atoms with Gasteiger partial charge in [-0.25, -0.2) is 9.18 Å². The van der Waals surface area contributed by atoms with E-state index in [-0.39, 0.29) is 50.8 Å². The number of ether oxygens (including phenoxy) is 2. The van der Waals surface area contributed by atoms with E-state index in [1.165, 1.54) is 24.0 Å². The SMILES string of the molecule is C[C@@H](O)[C@H](N)C(=O)NCCCCC(=O)N(C[C@H]1CN(c2ccc(N3CCOCC3=O)cc2F)C(=O)O1)C(=O)C1CC=C(Cl)S1. The third-order valence-corrected chi connectivity index (χ3v) is 8.80. The first-order chi connectivity index (χ1) is 21.0. The van der Waals surface area contributed by atoms with Crippen LogP contribution in [0.4, 0.5) is 20.6 Å². The van der Waals surface area contributed by atoms with Crippen molar-refractivity contribution in [3.8, 4) is 0 Å². The van der Waals surface area contributed by atoms with Gasteiger partial charge in [0.05, 0.1) is 41.1 Å².